The Hall–Kier alpha value is -0.320. The summed E-state index contributed by atoms with van der Waals surface area (Å²) >= 11 is 4.25. The van der Waals surface area contributed by atoms with Crippen LogP contribution in [0.4, 0.5) is 0 Å². The minimum absolute atomic E-state index is 0.494. The van der Waals surface area contributed by atoms with Crippen molar-refractivity contribution in [3.05, 3.63) is 29.3 Å². The van der Waals surface area contributed by atoms with Gasteiger partial charge < -0.3 is 10.1 Å². The van der Waals surface area contributed by atoms with Crippen molar-refractivity contribution < 1.29 is 4.74 Å². The SMILES string of the molecule is CNC(Cc1cc(C)ccc1OC)C1CSC(C)C(C)S1. The molecule has 1 N–H and O–H groups in total. The van der Waals surface area contributed by atoms with Gasteiger partial charge in [-0.25, -0.2) is 0 Å². The minimum atomic E-state index is 0.494. The first-order valence-electron chi connectivity index (χ1n) is 7.63. The van der Waals surface area contributed by atoms with E-state index in [-0.39, 0.29) is 0 Å². The number of ether oxygens (including phenoxy) is 1. The molecule has 4 unspecified atom stereocenters. The van der Waals surface area contributed by atoms with Gasteiger partial charge in [-0.15, -0.1) is 0 Å². The van der Waals surface area contributed by atoms with E-state index in [1.54, 1.807) is 7.11 Å². The van der Waals surface area contributed by atoms with Gasteiger partial charge in [0, 0.05) is 27.5 Å². The van der Waals surface area contributed by atoms with Crippen LogP contribution in [0.25, 0.3) is 0 Å². The Morgan fingerprint density at radius 2 is 2.10 bits per heavy atom. The van der Waals surface area contributed by atoms with Crippen molar-refractivity contribution in [3.8, 4) is 5.75 Å². The van der Waals surface area contributed by atoms with Gasteiger partial charge >= 0.3 is 0 Å². The molecule has 0 amide bonds. The van der Waals surface area contributed by atoms with E-state index < -0.39 is 0 Å². The number of hydrogen-bond acceptors (Lipinski definition) is 4. The standard InChI is InChI=1S/C17H27NOS2/c1-11-6-7-16(19-5)14(8-11)9-15(18-4)17-10-20-12(2)13(3)21-17/h6-8,12-13,15,17-18H,9-10H2,1-5H3. The average molecular weight is 326 g/mol. The predicted molar refractivity (Wildman–Crippen MR) is 97.0 cm³/mol. The van der Waals surface area contributed by atoms with E-state index in [2.05, 4.69) is 74.9 Å². The van der Waals surface area contributed by atoms with Gasteiger partial charge in [0.25, 0.3) is 0 Å². The summed E-state index contributed by atoms with van der Waals surface area (Å²) in [6.07, 6.45) is 1.03. The zero-order valence-corrected chi connectivity index (χ0v) is 15.3. The van der Waals surface area contributed by atoms with E-state index >= 15 is 0 Å². The van der Waals surface area contributed by atoms with Crippen LogP contribution in [0, 0.1) is 6.92 Å². The molecule has 4 atom stereocenters. The summed E-state index contributed by atoms with van der Waals surface area (Å²) in [6.45, 7) is 6.84. The van der Waals surface area contributed by atoms with E-state index in [1.807, 2.05) is 0 Å². The van der Waals surface area contributed by atoms with Crippen LogP contribution < -0.4 is 10.1 Å². The molecule has 2 nitrogen and oxygen atoms in total. The van der Waals surface area contributed by atoms with Gasteiger partial charge in [-0.2, -0.15) is 23.5 Å². The number of nitrogens with one attached hydrogen (secondary N) is 1. The fourth-order valence-corrected chi connectivity index (χ4v) is 5.91. The summed E-state index contributed by atoms with van der Waals surface area (Å²) in [5.41, 5.74) is 2.61. The molecule has 0 bridgehead atoms. The largest absolute Gasteiger partial charge is 0.496 e. The van der Waals surface area contributed by atoms with E-state index in [4.69, 9.17) is 4.74 Å². The quantitative estimate of drug-likeness (QED) is 0.889. The number of aryl methyl sites for hydroxylation is 1. The van der Waals surface area contributed by atoms with Crippen molar-refractivity contribution in [3.63, 3.8) is 0 Å². The number of hydrogen-bond donors (Lipinski definition) is 1. The lowest BCUT2D eigenvalue weighted by Crippen LogP contribution is -2.43. The third kappa shape index (κ3) is 4.33. The van der Waals surface area contributed by atoms with Gasteiger partial charge in [-0.1, -0.05) is 31.5 Å². The van der Waals surface area contributed by atoms with Gasteiger partial charge in [-0.3, -0.25) is 0 Å². The van der Waals surface area contributed by atoms with Crippen LogP contribution in [0.15, 0.2) is 18.2 Å². The molecule has 1 aromatic carbocycles. The highest BCUT2D eigenvalue weighted by Crippen LogP contribution is 2.38. The first kappa shape index (κ1) is 17.0. The maximum atomic E-state index is 5.53. The smallest absolute Gasteiger partial charge is 0.122 e. The molecule has 0 saturated carbocycles. The van der Waals surface area contributed by atoms with Crippen LogP contribution in [0.2, 0.25) is 0 Å². The van der Waals surface area contributed by atoms with Crippen LogP contribution >= 0.6 is 23.5 Å². The van der Waals surface area contributed by atoms with Gasteiger partial charge in [0.1, 0.15) is 5.75 Å². The van der Waals surface area contributed by atoms with E-state index in [0.717, 1.165) is 22.7 Å². The highest BCUT2D eigenvalue weighted by molar-refractivity contribution is 8.07. The lowest BCUT2D eigenvalue weighted by Gasteiger charge is -2.36. The maximum absolute atomic E-state index is 5.53. The molecular formula is C17H27NOS2. The number of likely N-dealkylation sites (N-methyl/N-ethyl adjacent to an activating group) is 1. The van der Waals surface area contributed by atoms with E-state index in [0.29, 0.717) is 11.3 Å². The van der Waals surface area contributed by atoms with Crippen LogP contribution in [0.5, 0.6) is 5.75 Å². The van der Waals surface area contributed by atoms with Crippen LogP contribution in [0.1, 0.15) is 25.0 Å². The van der Waals surface area contributed by atoms with Crippen LogP contribution in [0.3, 0.4) is 0 Å². The molecule has 21 heavy (non-hydrogen) atoms. The summed E-state index contributed by atoms with van der Waals surface area (Å²) in [5, 5.41) is 5.69. The topological polar surface area (TPSA) is 21.3 Å². The molecule has 0 radical (unpaired) electrons. The molecule has 1 aliphatic rings. The Kier molecular flexibility index (Phi) is 6.33. The van der Waals surface area contributed by atoms with Crippen molar-refractivity contribution in [2.75, 3.05) is 19.9 Å². The first-order chi connectivity index (χ1) is 10.0. The summed E-state index contributed by atoms with van der Waals surface area (Å²) in [5.74, 6) is 2.24. The van der Waals surface area contributed by atoms with Gasteiger partial charge in [0.05, 0.1) is 7.11 Å². The molecule has 0 aliphatic carbocycles. The molecule has 2 rings (SSSR count). The Balaban J connectivity index is 2.10. The summed E-state index contributed by atoms with van der Waals surface area (Å²) < 4.78 is 5.53. The average Bonchev–Trinajstić information content (AvgIpc) is 2.48. The summed E-state index contributed by atoms with van der Waals surface area (Å²) in [7, 11) is 3.85. The zero-order valence-electron chi connectivity index (χ0n) is 13.7. The molecular weight excluding hydrogens is 298 g/mol. The minimum Gasteiger partial charge on any atom is -0.496 e. The number of rotatable bonds is 5. The van der Waals surface area contributed by atoms with E-state index in [9.17, 15) is 0 Å². The molecule has 0 spiro atoms. The van der Waals surface area contributed by atoms with Crippen LogP contribution in [-0.2, 0) is 6.42 Å². The monoisotopic (exact) mass is 325 g/mol. The molecule has 4 heteroatoms. The molecule has 1 fully saturated rings. The lowest BCUT2D eigenvalue weighted by molar-refractivity contribution is 0.405. The number of benzene rings is 1. The van der Waals surface area contributed by atoms with Crippen LogP contribution in [-0.4, -0.2) is 41.7 Å². The third-order valence-electron chi connectivity index (χ3n) is 4.27. The fourth-order valence-electron chi connectivity index (χ4n) is 2.74. The van der Waals surface area contributed by atoms with Crippen molar-refractivity contribution in [1.29, 1.82) is 0 Å². The third-order valence-corrected chi connectivity index (χ3v) is 7.82. The maximum Gasteiger partial charge on any atom is 0.122 e. The highest BCUT2D eigenvalue weighted by atomic mass is 32.2. The summed E-state index contributed by atoms with van der Waals surface area (Å²) in [4.78, 5) is 0. The zero-order chi connectivity index (χ0) is 15.4. The molecule has 1 saturated heterocycles. The Morgan fingerprint density at radius 1 is 1.33 bits per heavy atom. The Morgan fingerprint density at radius 3 is 2.71 bits per heavy atom. The van der Waals surface area contributed by atoms with E-state index in [1.165, 1.54) is 16.9 Å². The Labute approximate surface area is 137 Å². The molecule has 0 aromatic heterocycles. The highest BCUT2D eigenvalue weighted by Gasteiger charge is 2.31. The number of methoxy groups -OCH3 is 1. The van der Waals surface area contributed by atoms with Gasteiger partial charge in [-0.05, 0) is 32.0 Å². The number of thioether (sulfide) groups is 2. The normalized spacial score (nSPS) is 27.4. The van der Waals surface area contributed by atoms with Gasteiger partial charge in [0.15, 0.2) is 0 Å². The fraction of sp³-hybridized carbons (Fsp3) is 0.647. The first-order valence-corrected chi connectivity index (χ1v) is 9.62. The van der Waals surface area contributed by atoms with Crippen molar-refractivity contribution in [1.82, 2.24) is 5.32 Å². The van der Waals surface area contributed by atoms with Crippen molar-refractivity contribution in [2.24, 2.45) is 0 Å². The van der Waals surface area contributed by atoms with Crippen molar-refractivity contribution >= 4 is 23.5 Å². The second-order valence-corrected chi connectivity index (χ2v) is 8.86. The second kappa shape index (κ2) is 7.80. The van der Waals surface area contributed by atoms with Crippen molar-refractivity contribution in [2.45, 2.75) is 49.0 Å². The van der Waals surface area contributed by atoms with Gasteiger partial charge in [0.2, 0.25) is 0 Å². The Bertz CT molecular complexity index is 466. The predicted octanol–water partition coefficient (Wildman–Crippen LogP) is 3.76. The second-order valence-electron chi connectivity index (χ2n) is 5.83. The lowest BCUT2D eigenvalue weighted by atomic mass is 10.0. The molecule has 1 aromatic rings. The summed E-state index contributed by atoms with van der Waals surface area (Å²) in [6, 6.07) is 6.96. The molecule has 1 aliphatic heterocycles. The molecule has 1 heterocycles. The molecule has 118 valence electrons.